The number of aryl methyl sites for hydroxylation is 1. The van der Waals surface area contributed by atoms with Crippen LogP contribution in [0.4, 0.5) is 4.39 Å². The first-order valence-corrected chi connectivity index (χ1v) is 8.48. The molecule has 1 aromatic heterocycles. The van der Waals surface area contributed by atoms with Gasteiger partial charge in [-0.1, -0.05) is 12.1 Å². The maximum absolute atomic E-state index is 14.0. The Morgan fingerprint density at radius 2 is 1.92 bits per heavy atom. The number of benzene rings is 2. The molecule has 0 unspecified atom stereocenters. The number of hydrogen-bond donors (Lipinski definition) is 0. The Balaban J connectivity index is 1.86. The number of hydrogen-bond acceptors (Lipinski definition) is 3. The molecule has 25 heavy (non-hydrogen) atoms. The van der Waals surface area contributed by atoms with Crippen molar-refractivity contribution in [2.75, 3.05) is 20.6 Å². The third-order valence-electron chi connectivity index (χ3n) is 4.45. The third-order valence-corrected chi connectivity index (χ3v) is 4.45. The molecule has 0 aliphatic carbocycles. The van der Waals surface area contributed by atoms with Gasteiger partial charge in [0.2, 0.25) is 0 Å². The number of fused-ring (bicyclic) bond motifs is 1. The summed E-state index contributed by atoms with van der Waals surface area (Å²) in [7, 11) is 4.04. The van der Waals surface area contributed by atoms with Gasteiger partial charge in [-0.05, 0) is 63.3 Å². The second-order valence-corrected chi connectivity index (χ2v) is 6.74. The Labute approximate surface area is 148 Å². The highest BCUT2D eigenvalue weighted by molar-refractivity contribution is 5.81. The van der Waals surface area contributed by atoms with Crippen molar-refractivity contribution in [1.82, 2.24) is 4.90 Å². The predicted molar refractivity (Wildman–Crippen MR) is 98.7 cm³/mol. The highest BCUT2D eigenvalue weighted by Crippen LogP contribution is 2.27. The Morgan fingerprint density at radius 3 is 2.68 bits per heavy atom. The average Bonchev–Trinajstić information content (AvgIpc) is 2.97. The van der Waals surface area contributed by atoms with Crippen LogP contribution in [0, 0.1) is 19.7 Å². The molecule has 2 aromatic carbocycles. The topological polar surface area (TPSA) is 25.6 Å². The highest BCUT2D eigenvalue weighted by Gasteiger charge is 2.12. The van der Waals surface area contributed by atoms with Gasteiger partial charge in [0.1, 0.15) is 29.5 Å². The minimum atomic E-state index is -0.271. The molecule has 0 saturated heterocycles. The molecule has 0 spiro atoms. The van der Waals surface area contributed by atoms with E-state index >= 15 is 0 Å². The summed E-state index contributed by atoms with van der Waals surface area (Å²) < 4.78 is 25.9. The van der Waals surface area contributed by atoms with Crippen molar-refractivity contribution in [2.24, 2.45) is 0 Å². The van der Waals surface area contributed by atoms with E-state index in [0.29, 0.717) is 5.58 Å². The lowest BCUT2D eigenvalue weighted by atomic mass is 10.1. The Kier molecular flexibility index (Phi) is 5.09. The number of halogens is 1. The Morgan fingerprint density at radius 1 is 1.12 bits per heavy atom. The van der Waals surface area contributed by atoms with Gasteiger partial charge in [-0.15, -0.1) is 0 Å². The van der Waals surface area contributed by atoms with Crippen molar-refractivity contribution in [3.63, 3.8) is 0 Å². The van der Waals surface area contributed by atoms with Gasteiger partial charge < -0.3 is 14.1 Å². The second-order valence-electron chi connectivity index (χ2n) is 6.74. The molecule has 1 heterocycles. The van der Waals surface area contributed by atoms with Crippen LogP contribution in [0.2, 0.25) is 0 Å². The van der Waals surface area contributed by atoms with E-state index in [4.69, 9.17) is 9.15 Å². The summed E-state index contributed by atoms with van der Waals surface area (Å²) in [6, 6.07) is 10.9. The normalized spacial score (nSPS) is 11.4. The predicted octanol–water partition coefficient (Wildman–Crippen LogP) is 4.87. The summed E-state index contributed by atoms with van der Waals surface area (Å²) in [5.41, 5.74) is 3.71. The number of furan rings is 1. The molecular weight excluding hydrogens is 317 g/mol. The van der Waals surface area contributed by atoms with E-state index in [1.54, 1.807) is 0 Å². The minimum absolute atomic E-state index is 0.271. The summed E-state index contributed by atoms with van der Waals surface area (Å²) in [6.45, 7) is 5.24. The third kappa shape index (κ3) is 4.02. The monoisotopic (exact) mass is 341 g/mol. The van der Waals surface area contributed by atoms with Crippen LogP contribution >= 0.6 is 0 Å². The Bertz CT molecular complexity index is 883. The molecule has 3 aromatic rings. The van der Waals surface area contributed by atoms with E-state index in [1.165, 1.54) is 17.7 Å². The minimum Gasteiger partial charge on any atom is -0.488 e. The van der Waals surface area contributed by atoms with E-state index in [0.717, 1.165) is 41.0 Å². The van der Waals surface area contributed by atoms with E-state index < -0.39 is 0 Å². The van der Waals surface area contributed by atoms with Crippen molar-refractivity contribution in [3.8, 4) is 5.75 Å². The van der Waals surface area contributed by atoms with Crippen LogP contribution in [0.15, 0.2) is 40.8 Å². The van der Waals surface area contributed by atoms with Gasteiger partial charge in [-0.3, -0.25) is 0 Å². The SMILES string of the molecule is Cc1cccc(OCc2cc(F)cc3cc(CCN(C)C)oc23)c1C. The summed E-state index contributed by atoms with van der Waals surface area (Å²) >= 11 is 0. The second kappa shape index (κ2) is 7.28. The number of rotatable bonds is 6. The fourth-order valence-electron chi connectivity index (χ4n) is 2.84. The molecular formula is C21H24FNO2. The summed E-state index contributed by atoms with van der Waals surface area (Å²) in [4.78, 5) is 2.10. The Hall–Kier alpha value is -2.33. The highest BCUT2D eigenvalue weighted by atomic mass is 19.1. The van der Waals surface area contributed by atoms with E-state index in [2.05, 4.69) is 4.90 Å². The molecule has 0 aliphatic heterocycles. The standard InChI is InChI=1S/C21H24FNO2/c1-14-6-5-7-20(15(14)2)24-13-17-11-18(22)10-16-12-19(25-21(16)17)8-9-23(3)4/h5-7,10-12H,8-9,13H2,1-4H3. The van der Waals surface area contributed by atoms with Gasteiger partial charge in [0.25, 0.3) is 0 Å². The molecule has 0 aliphatic rings. The van der Waals surface area contributed by atoms with Crippen molar-refractivity contribution in [3.05, 3.63) is 64.7 Å². The van der Waals surface area contributed by atoms with Gasteiger partial charge in [0, 0.05) is 23.9 Å². The van der Waals surface area contributed by atoms with Gasteiger partial charge in [0.05, 0.1) is 0 Å². The van der Waals surface area contributed by atoms with Crippen LogP contribution in [0.5, 0.6) is 5.75 Å². The molecule has 3 nitrogen and oxygen atoms in total. The van der Waals surface area contributed by atoms with Crippen LogP contribution in [-0.2, 0) is 13.0 Å². The van der Waals surface area contributed by atoms with Crippen molar-refractivity contribution in [2.45, 2.75) is 26.9 Å². The fraction of sp³-hybridized carbons (Fsp3) is 0.333. The van der Waals surface area contributed by atoms with Crippen LogP contribution in [-0.4, -0.2) is 25.5 Å². The molecule has 132 valence electrons. The van der Waals surface area contributed by atoms with Crippen molar-refractivity contribution < 1.29 is 13.5 Å². The maximum atomic E-state index is 14.0. The molecule has 0 fully saturated rings. The van der Waals surface area contributed by atoms with Crippen LogP contribution in [0.3, 0.4) is 0 Å². The number of ether oxygens (including phenoxy) is 1. The van der Waals surface area contributed by atoms with Gasteiger partial charge in [0.15, 0.2) is 0 Å². The van der Waals surface area contributed by atoms with E-state index in [9.17, 15) is 4.39 Å². The molecule has 0 saturated carbocycles. The molecule has 4 heteroatoms. The maximum Gasteiger partial charge on any atom is 0.141 e. The smallest absolute Gasteiger partial charge is 0.141 e. The van der Waals surface area contributed by atoms with Gasteiger partial charge >= 0.3 is 0 Å². The quantitative estimate of drug-likeness (QED) is 0.639. The zero-order valence-electron chi connectivity index (χ0n) is 15.2. The molecule has 0 radical (unpaired) electrons. The lowest BCUT2D eigenvalue weighted by Crippen LogP contribution is -2.14. The molecule has 0 atom stereocenters. The molecule has 0 bridgehead atoms. The first-order chi connectivity index (χ1) is 11.9. The van der Waals surface area contributed by atoms with Crippen molar-refractivity contribution >= 4 is 11.0 Å². The van der Waals surface area contributed by atoms with Gasteiger partial charge in [-0.25, -0.2) is 4.39 Å². The van der Waals surface area contributed by atoms with Crippen LogP contribution < -0.4 is 4.74 Å². The first-order valence-electron chi connectivity index (χ1n) is 8.48. The summed E-state index contributed by atoms with van der Waals surface area (Å²) in [5.74, 6) is 1.41. The summed E-state index contributed by atoms with van der Waals surface area (Å²) in [5, 5.41) is 0.785. The first kappa shape index (κ1) is 17.5. The fourth-order valence-corrected chi connectivity index (χ4v) is 2.84. The van der Waals surface area contributed by atoms with E-state index in [1.807, 2.05) is 52.2 Å². The molecule has 3 rings (SSSR count). The number of likely N-dealkylation sites (N-methyl/N-ethyl adjacent to an activating group) is 1. The lowest BCUT2D eigenvalue weighted by Gasteiger charge is -2.11. The molecule has 0 amide bonds. The van der Waals surface area contributed by atoms with Crippen molar-refractivity contribution in [1.29, 1.82) is 0 Å². The zero-order chi connectivity index (χ0) is 18.0. The van der Waals surface area contributed by atoms with Crippen LogP contribution in [0.1, 0.15) is 22.5 Å². The largest absolute Gasteiger partial charge is 0.488 e. The number of nitrogens with zero attached hydrogens (tertiary/aromatic N) is 1. The van der Waals surface area contributed by atoms with E-state index in [-0.39, 0.29) is 12.4 Å². The molecule has 0 N–H and O–H groups in total. The summed E-state index contributed by atoms with van der Waals surface area (Å²) in [6.07, 6.45) is 0.792. The average molecular weight is 341 g/mol. The zero-order valence-corrected chi connectivity index (χ0v) is 15.2. The van der Waals surface area contributed by atoms with Crippen LogP contribution in [0.25, 0.3) is 11.0 Å². The lowest BCUT2D eigenvalue weighted by molar-refractivity contribution is 0.302. The van der Waals surface area contributed by atoms with Gasteiger partial charge in [-0.2, -0.15) is 0 Å².